The molecule has 0 fully saturated rings. The van der Waals surface area contributed by atoms with E-state index in [1.807, 2.05) is 0 Å². The zero-order chi connectivity index (χ0) is 14.6. The van der Waals surface area contributed by atoms with Crippen LogP contribution in [0.15, 0.2) is 17.4 Å². The zero-order valence-electron chi connectivity index (χ0n) is 9.09. The molecule has 0 aromatic carbocycles. The maximum absolute atomic E-state index is 12.0. The summed E-state index contributed by atoms with van der Waals surface area (Å²) in [6.07, 6.45) is -3.92. The van der Waals surface area contributed by atoms with Gasteiger partial charge in [0, 0.05) is 6.07 Å². The van der Waals surface area contributed by atoms with Crippen LogP contribution in [0.5, 0.6) is 5.88 Å². The fourth-order valence-electron chi connectivity index (χ4n) is 1.04. The number of nitrogens with two attached hydrogens (primary N) is 1. The minimum Gasteiger partial charge on any atom is -0.467 e. The highest BCUT2D eigenvalue weighted by molar-refractivity contribution is 5.99. The Morgan fingerprint density at radius 3 is 2.74 bits per heavy atom. The van der Waals surface area contributed by atoms with E-state index >= 15 is 0 Å². The van der Waals surface area contributed by atoms with Crippen molar-refractivity contribution in [1.82, 2.24) is 4.98 Å². The number of amidine groups is 1. The first-order chi connectivity index (χ1) is 8.74. The monoisotopic (exact) mass is 280 g/mol. The van der Waals surface area contributed by atoms with E-state index in [1.54, 1.807) is 0 Å². The van der Waals surface area contributed by atoms with Gasteiger partial charge in [0.2, 0.25) is 5.88 Å². The van der Waals surface area contributed by atoms with Crippen LogP contribution in [0.2, 0.25) is 0 Å². The van der Waals surface area contributed by atoms with Gasteiger partial charge in [0.25, 0.3) is 5.69 Å². The Labute approximate surface area is 103 Å². The molecule has 1 aromatic heterocycles. The van der Waals surface area contributed by atoms with Crippen molar-refractivity contribution in [3.8, 4) is 5.88 Å². The van der Waals surface area contributed by atoms with E-state index in [0.717, 1.165) is 6.07 Å². The third kappa shape index (κ3) is 3.97. The van der Waals surface area contributed by atoms with Gasteiger partial charge >= 0.3 is 6.18 Å². The second kappa shape index (κ2) is 5.37. The van der Waals surface area contributed by atoms with Gasteiger partial charge in [-0.25, -0.2) is 4.98 Å². The first kappa shape index (κ1) is 14.5. The molecule has 3 N–H and O–H groups in total. The lowest BCUT2D eigenvalue weighted by Crippen LogP contribution is -2.22. The third-order valence-corrected chi connectivity index (χ3v) is 1.80. The molecule has 0 aliphatic heterocycles. The summed E-state index contributed by atoms with van der Waals surface area (Å²) < 4.78 is 40.3. The summed E-state index contributed by atoms with van der Waals surface area (Å²) in [5.74, 6) is -1.29. The number of nitro groups is 1. The van der Waals surface area contributed by atoms with E-state index in [9.17, 15) is 23.3 Å². The molecule has 0 aliphatic carbocycles. The predicted octanol–water partition coefficient (Wildman–Crippen LogP) is 1.03. The Hall–Kier alpha value is -2.59. The molecule has 0 amide bonds. The number of ether oxygens (including phenoxy) is 1. The maximum atomic E-state index is 12.0. The number of alkyl halides is 3. The molecule has 0 saturated heterocycles. The van der Waals surface area contributed by atoms with Gasteiger partial charge in [-0.15, -0.1) is 0 Å². The fraction of sp³-hybridized carbons (Fsp3) is 0.250. The second-order valence-corrected chi connectivity index (χ2v) is 3.19. The largest absolute Gasteiger partial charge is 0.467 e. The van der Waals surface area contributed by atoms with Crippen molar-refractivity contribution < 1.29 is 28.0 Å². The molecule has 0 aliphatic rings. The van der Waals surface area contributed by atoms with Gasteiger partial charge in [-0.05, 0) is 0 Å². The van der Waals surface area contributed by atoms with E-state index in [2.05, 4.69) is 14.9 Å². The number of hydrogen-bond donors (Lipinski definition) is 2. The second-order valence-electron chi connectivity index (χ2n) is 3.19. The number of nitrogens with zero attached hydrogens (tertiary/aromatic N) is 3. The van der Waals surface area contributed by atoms with Crippen LogP contribution in [-0.4, -0.2) is 33.7 Å². The van der Waals surface area contributed by atoms with Crippen LogP contribution in [0.3, 0.4) is 0 Å². The molecule has 19 heavy (non-hydrogen) atoms. The highest BCUT2D eigenvalue weighted by Gasteiger charge is 2.29. The minimum atomic E-state index is -4.62. The highest BCUT2D eigenvalue weighted by atomic mass is 19.4. The van der Waals surface area contributed by atoms with Crippen LogP contribution < -0.4 is 10.5 Å². The van der Waals surface area contributed by atoms with Gasteiger partial charge in [-0.3, -0.25) is 10.1 Å². The van der Waals surface area contributed by atoms with Crippen LogP contribution in [0.1, 0.15) is 5.56 Å². The van der Waals surface area contributed by atoms with Crippen LogP contribution in [0.25, 0.3) is 0 Å². The highest BCUT2D eigenvalue weighted by Crippen LogP contribution is 2.23. The minimum absolute atomic E-state index is 0.416. The molecule has 0 spiro atoms. The first-order valence-electron chi connectivity index (χ1n) is 4.56. The van der Waals surface area contributed by atoms with Crippen LogP contribution >= 0.6 is 0 Å². The lowest BCUT2D eigenvalue weighted by molar-refractivity contribution is -0.385. The van der Waals surface area contributed by atoms with Crippen molar-refractivity contribution >= 4 is 11.5 Å². The van der Waals surface area contributed by atoms with Gasteiger partial charge in [-0.1, -0.05) is 5.16 Å². The number of hydrogen-bond acceptors (Lipinski definition) is 6. The molecule has 104 valence electrons. The van der Waals surface area contributed by atoms with Gasteiger partial charge in [0.1, 0.15) is 6.20 Å². The molecule has 1 rings (SSSR count). The molecular weight excluding hydrogens is 273 g/mol. The van der Waals surface area contributed by atoms with E-state index in [0.29, 0.717) is 6.20 Å². The van der Waals surface area contributed by atoms with Crippen molar-refractivity contribution in [2.45, 2.75) is 6.18 Å². The summed E-state index contributed by atoms with van der Waals surface area (Å²) >= 11 is 0. The van der Waals surface area contributed by atoms with Crippen molar-refractivity contribution in [3.63, 3.8) is 0 Å². The Bertz CT molecular complexity index is 517. The number of oxime groups is 1. The summed E-state index contributed by atoms with van der Waals surface area (Å²) in [6.45, 7) is -1.66. The van der Waals surface area contributed by atoms with Gasteiger partial charge in [0.05, 0.1) is 10.5 Å². The van der Waals surface area contributed by atoms with E-state index in [-0.39, 0.29) is 0 Å². The number of aromatic nitrogens is 1. The summed E-state index contributed by atoms with van der Waals surface area (Å²) in [5, 5.41) is 21.5. The third-order valence-electron chi connectivity index (χ3n) is 1.80. The topological polar surface area (TPSA) is 124 Å². The van der Waals surface area contributed by atoms with Crippen molar-refractivity contribution in [2.24, 2.45) is 10.9 Å². The Morgan fingerprint density at radius 1 is 1.63 bits per heavy atom. The SMILES string of the molecule is NC(=NO)c1cc([N+](=O)[O-])cnc1OCC(F)(F)F. The summed E-state index contributed by atoms with van der Waals surface area (Å²) in [7, 11) is 0. The van der Waals surface area contributed by atoms with Crippen LogP contribution in [0.4, 0.5) is 18.9 Å². The van der Waals surface area contributed by atoms with Crippen molar-refractivity contribution in [1.29, 1.82) is 0 Å². The van der Waals surface area contributed by atoms with Crippen molar-refractivity contribution in [3.05, 3.63) is 27.9 Å². The average molecular weight is 280 g/mol. The number of halogens is 3. The number of pyridine rings is 1. The molecule has 0 saturated carbocycles. The predicted molar refractivity (Wildman–Crippen MR) is 55.0 cm³/mol. The maximum Gasteiger partial charge on any atom is 0.422 e. The number of rotatable bonds is 4. The Balaban J connectivity index is 3.13. The normalized spacial score (nSPS) is 12.3. The average Bonchev–Trinajstić information content (AvgIpc) is 2.34. The lowest BCUT2D eigenvalue weighted by atomic mass is 10.2. The standard InChI is InChI=1S/C8H7F3N4O4/c9-8(10,11)3-19-7-5(6(12)14-16)1-4(2-13-7)15(17)18/h1-2,16H,3H2,(H2,12,14). The summed E-state index contributed by atoms with van der Waals surface area (Å²) in [6, 6.07) is 0.785. The molecule has 0 unspecified atom stereocenters. The van der Waals surface area contributed by atoms with Gasteiger partial charge in [-0.2, -0.15) is 13.2 Å². The zero-order valence-corrected chi connectivity index (χ0v) is 9.09. The molecule has 0 bridgehead atoms. The molecule has 1 aromatic rings. The quantitative estimate of drug-likeness (QED) is 0.279. The molecule has 0 radical (unpaired) electrons. The van der Waals surface area contributed by atoms with Gasteiger partial charge < -0.3 is 15.7 Å². The Kier molecular flexibility index (Phi) is 4.09. The molecule has 8 nitrogen and oxygen atoms in total. The first-order valence-corrected chi connectivity index (χ1v) is 4.56. The van der Waals surface area contributed by atoms with Crippen LogP contribution in [-0.2, 0) is 0 Å². The smallest absolute Gasteiger partial charge is 0.422 e. The van der Waals surface area contributed by atoms with Gasteiger partial charge in [0.15, 0.2) is 12.4 Å². The molecule has 1 heterocycles. The Morgan fingerprint density at radius 2 is 2.26 bits per heavy atom. The summed E-state index contributed by atoms with van der Waals surface area (Å²) in [4.78, 5) is 13.0. The lowest BCUT2D eigenvalue weighted by Gasteiger charge is -2.10. The van der Waals surface area contributed by atoms with E-state index in [4.69, 9.17) is 10.9 Å². The summed E-state index contributed by atoms with van der Waals surface area (Å²) in [5.41, 5.74) is 4.22. The molecular formula is C8H7F3N4O4. The molecule has 0 atom stereocenters. The fourth-order valence-corrected chi connectivity index (χ4v) is 1.04. The van der Waals surface area contributed by atoms with E-state index < -0.39 is 40.7 Å². The van der Waals surface area contributed by atoms with Crippen LogP contribution in [0, 0.1) is 10.1 Å². The molecule has 11 heteroatoms. The van der Waals surface area contributed by atoms with E-state index in [1.165, 1.54) is 0 Å². The van der Waals surface area contributed by atoms with Crippen molar-refractivity contribution in [2.75, 3.05) is 6.61 Å².